The van der Waals surface area contributed by atoms with Crippen LogP contribution in [-0.2, 0) is 14.8 Å². The van der Waals surface area contributed by atoms with Crippen molar-refractivity contribution >= 4 is 38.1 Å². The fourth-order valence-electron chi connectivity index (χ4n) is 3.60. The molecular formula is C24H20N4O4S2. The summed E-state index contributed by atoms with van der Waals surface area (Å²) in [5.74, 6) is -0.177. The second-order valence-corrected chi connectivity index (χ2v) is 10.5. The number of fused-ring (bicyclic) bond motifs is 1. The van der Waals surface area contributed by atoms with E-state index in [9.17, 15) is 13.2 Å². The molecule has 1 amide bonds. The van der Waals surface area contributed by atoms with Crippen LogP contribution in [0.1, 0.15) is 5.56 Å². The van der Waals surface area contributed by atoms with Gasteiger partial charge in [0, 0.05) is 5.56 Å². The van der Waals surface area contributed by atoms with Crippen molar-refractivity contribution in [3.63, 3.8) is 0 Å². The number of nitrogens with zero attached hydrogens (tertiary/aromatic N) is 3. The molecule has 2 heterocycles. The highest BCUT2D eigenvalue weighted by Crippen LogP contribution is 2.38. The summed E-state index contributed by atoms with van der Waals surface area (Å²) in [5, 5.41) is 11.9. The number of carbonyl (C=O) groups is 1. The lowest BCUT2D eigenvalue weighted by Crippen LogP contribution is -2.48. The molecule has 10 heteroatoms. The topological polar surface area (TPSA) is 101 Å². The molecule has 0 aliphatic carbocycles. The van der Waals surface area contributed by atoms with Gasteiger partial charge in [-0.25, -0.2) is 8.42 Å². The van der Waals surface area contributed by atoms with Crippen LogP contribution in [0.4, 0.5) is 10.8 Å². The van der Waals surface area contributed by atoms with Crippen LogP contribution in [0.5, 0.6) is 5.75 Å². The van der Waals surface area contributed by atoms with E-state index in [1.807, 2.05) is 43.3 Å². The first kappa shape index (κ1) is 22.1. The number of hydrogen-bond donors (Lipinski definition) is 1. The van der Waals surface area contributed by atoms with Crippen molar-refractivity contribution < 1.29 is 17.9 Å². The molecule has 0 radical (unpaired) electrons. The molecule has 3 aromatic carbocycles. The van der Waals surface area contributed by atoms with Crippen LogP contribution in [0, 0.1) is 6.92 Å². The second kappa shape index (κ2) is 8.88. The highest BCUT2D eigenvalue weighted by Gasteiger charge is 2.38. The highest BCUT2D eigenvalue weighted by molar-refractivity contribution is 7.92. The number of hydrogen-bond acceptors (Lipinski definition) is 7. The molecule has 1 aromatic heterocycles. The van der Waals surface area contributed by atoms with Crippen molar-refractivity contribution in [2.75, 3.05) is 16.2 Å². The standard InChI is InChI=1S/C24H20N4O4S2/c1-16-12-13-19-20(14-16)32-21(15-28(19)34(30,31)18-10-6-3-7-11-18)22(29)25-24-27-26-23(33-24)17-8-4-2-5-9-17/h2-14,21H,15H2,1H3,(H,25,27,29)/t21-/m1/s1. The quantitative estimate of drug-likeness (QED) is 0.450. The fourth-order valence-corrected chi connectivity index (χ4v) is 5.85. The molecule has 0 fully saturated rings. The molecule has 1 atom stereocenters. The molecule has 34 heavy (non-hydrogen) atoms. The highest BCUT2D eigenvalue weighted by atomic mass is 32.2. The van der Waals surface area contributed by atoms with Crippen molar-refractivity contribution in [1.29, 1.82) is 0 Å². The van der Waals surface area contributed by atoms with Gasteiger partial charge in [0.15, 0.2) is 6.10 Å². The predicted octanol–water partition coefficient (Wildman–Crippen LogP) is 4.11. The number of benzene rings is 3. The van der Waals surface area contributed by atoms with E-state index < -0.39 is 22.0 Å². The maximum atomic E-state index is 13.4. The third-order valence-electron chi connectivity index (χ3n) is 5.28. The first-order chi connectivity index (χ1) is 16.4. The smallest absolute Gasteiger partial charge is 0.269 e. The van der Waals surface area contributed by atoms with E-state index in [1.165, 1.54) is 27.8 Å². The van der Waals surface area contributed by atoms with Crippen LogP contribution < -0.4 is 14.4 Å². The number of amides is 1. The molecule has 1 aliphatic rings. The minimum Gasteiger partial charge on any atom is -0.476 e. The molecule has 8 nitrogen and oxygen atoms in total. The van der Waals surface area contributed by atoms with Crippen molar-refractivity contribution in [1.82, 2.24) is 10.2 Å². The van der Waals surface area contributed by atoms with E-state index >= 15 is 0 Å². The van der Waals surface area contributed by atoms with Crippen LogP contribution in [0.25, 0.3) is 10.6 Å². The van der Waals surface area contributed by atoms with Crippen LogP contribution >= 0.6 is 11.3 Å². The lowest BCUT2D eigenvalue weighted by Gasteiger charge is -2.34. The fraction of sp³-hybridized carbons (Fsp3) is 0.125. The molecule has 5 rings (SSSR count). The Kier molecular flexibility index (Phi) is 5.76. The summed E-state index contributed by atoms with van der Waals surface area (Å²) in [6, 6.07) is 22.8. The number of rotatable bonds is 5. The third-order valence-corrected chi connectivity index (χ3v) is 7.97. The SMILES string of the molecule is Cc1ccc2c(c1)O[C@@H](C(=O)Nc1nnc(-c3ccccc3)s1)CN2S(=O)(=O)c1ccccc1. The molecule has 1 N–H and O–H groups in total. The van der Waals surface area contributed by atoms with Gasteiger partial charge in [0.2, 0.25) is 5.13 Å². The minimum atomic E-state index is -3.91. The maximum Gasteiger partial charge on any atom is 0.269 e. The number of carbonyl (C=O) groups excluding carboxylic acids is 1. The summed E-state index contributed by atoms with van der Waals surface area (Å²) in [4.78, 5) is 13.2. The molecule has 0 bridgehead atoms. The second-order valence-electron chi connectivity index (χ2n) is 7.69. The zero-order valence-electron chi connectivity index (χ0n) is 18.1. The minimum absolute atomic E-state index is 0.138. The Hall–Kier alpha value is -3.76. The summed E-state index contributed by atoms with van der Waals surface area (Å²) >= 11 is 1.23. The van der Waals surface area contributed by atoms with Crippen molar-refractivity contribution in [3.8, 4) is 16.3 Å². The zero-order valence-corrected chi connectivity index (χ0v) is 19.7. The Bertz CT molecular complexity index is 1440. The van der Waals surface area contributed by atoms with Crippen molar-refractivity contribution in [3.05, 3.63) is 84.4 Å². The normalized spacial score (nSPS) is 15.3. The largest absolute Gasteiger partial charge is 0.476 e. The van der Waals surface area contributed by atoms with Gasteiger partial charge < -0.3 is 4.74 Å². The first-order valence-electron chi connectivity index (χ1n) is 10.5. The zero-order chi connectivity index (χ0) is 23.7. The molecule has 0 unspecified atom stereocenters. The van der Waals surface area contributed by atoms with Gasteiger partial charge in [0.05, 0.1) is 17.1 Å². The number of anilines is 2. The molecule has 0 saturated heterocycles. The number of aromatic nitrogens is 2. The van der Waals surface area contributed by atoms with Gasteiger partial charge in [0.1, 0.15) is 10.8 Å². The summed E-state index contributed by atoms with van der Waals surface area (Å²) in [6.45, 7) is 1.69. The molecule has 4 aromatic rings. The van der Waals surface area contributed by atoms with Crippen molar-refractivity contribution in [2.45, 2.75) is 17.9 Å². The third kappa shape index (κ3) is 4.25. The monoisotopic (exact) mass is 492 g/mol. The first-order valence-corrected chi connectivity index (χ1v) is 12.7. The Balaban J connectivity index is 1.43. The van der Waals surface area contributed by atoms with Gasteiger partial charge in [0.25, 0.3) is 15.9 Å². The molecule has 1 aliphatic heterocycles. The van der Waals surface area contributed by atoms with E-state index in [0.717, 1.165) is 11.1 Å². The summed E-state index contributed by atoms with van der Waals surface area (Å²) in [6.07, 6.45) is -1.07. The molecule has 172 valence electrons. The maximum absolute atomic E-state index is 13.4. The van der Waals surface area contributed by atoms with Gasteiger partial charge in [-0.05, 0) is 36.8 Å². The molecular weight excluding hydrogens is 472 g/mol. The van der Waals surface area contributed by atoms with Gasteiger partial charge >= 0.3 is 0 Å². The van der Waals surface area contributed by atoms with Gasteiger partial charge in [-0.3, -0.25) is 14.4 Å². The Morgan fingerprint density at radius 1 is 1.03 bits per heavy atom. The van der Waals surface area contributed by atoms with E-state index in [2.05, 4.69) is 15.5 Å². The summed E-state index contributed by atoms with van der Waals surface area (Å²) in [5.41, 5.74) is 2.16. The van der Waals surface area contributed by atoms with E-state index in [4.69, 9.17) is 4.74 Å². The van der Waals surface area contributed by atoms with E-state index in [-0.39, 0.29) is 11.4 Å². The number of nitrogens with one attached hydrogen (secondary N) is 1. The van der Waals surface area contributed by atoms with Gasteiger partial charge in [-0.15, -0.1) is 10.2 Å². The van der Waals surface area contributed by atoms with Crippen LogP contribution in [0.2, 0.25) is 0 Å². The van der Waals surface area contributed by atoms with Crippen LogP contribution in [0.15, 0.2) is 83.8 Å². The Morgan fingerprint density at radius 3 is 2.47 bits per heavy atom. The Morgan fingerprint density at radius 2 is 1.74 bits per heavy atom. The lowest BCUT2D eigenvalue weighted by molar-refractivity contribution is -0.122. The van der Waals surface area contributed by atoms with Gasteiger partial charge in [-0.2, -0.15) is 0 Å². The van der Waals surface area contributed by atoms with Crippen molar-refractivity contribution in [2.24, 2.45) is 0 Å². The number of sulfonamides is 1. The average molecular weight is 493 g/mol. The summed E-state index contributed by atoms with van der Waals surface area (Å²) < 4.78 is 34.0. The van der Waals surface area contributed by atoms with Gasteiger partial charge in [-0.1, -0.05) is 65.9 Å². The molecule has 0 spiro atoms. The van der Waals surface area contributed by atoms with E-state index in [0.29, 0.717) is 21.6 Å². The molecule has 0 saturated carbocycles. The lowest BCUT2D eigenvalue weighted by atomic mass is 10.1. The number of aryl methyl sites for hydroxylation is 1. The van der Waals surface area contributed by atoms with Crippen LogP contribution in [0.3, 0.4) is 0 Å². The number of ether oxygens (including phenoxy) is 1. The Labute approximate surface area is 200 Å². The average Bonchev–Trinajstić information content (AvgIpc) is 3.32. The van der Waals surface area contributed by atoms with E-state index in [1.54, 1.807) is 30.3 Å². The predicted molar refractivity (Wildman–Crippen MR) is 131 cm³/mol. The van der Waals surface area contributed by atoms with Crippen LogP contribution in [-0.4, -0.2) is 37.2 Å². The summed E-state index contributed by atoms with van der Waals surface area (Å²) in [7, 11) is -3.91.